The van der Waals surface area contributed by atoms with Gasteiger partial charge in [0.05, 0.1) is 16.1 Å². The van der Waals surface area contributed by atoms with E-state index in [0.717, 1.165) is 4.47 Å². The molecule has 0 spiro atoms. The van der Waals surface area contributed by atoms with Crippen LogP contribution in [-0.4, -0.2) is 25.4 Å². The van der Waals surface area contributed by atoms with E-state index in [1.165, 1.54) is 42.5 Å². The predicted octanol–water partition coefficient (Wildman–Crippen LogP) is 4.85. The molecule has 7 nitrogen and oxygen atoms in total. The maximum Gasteiger partial charge on any atom is 0.337 e. The van der Waals surface area contributed by atoms with E-state index >= 15 is 0 Å². The van der Waals surface area contributed by atoms with Gasteiger partial charge in [-0.1, -0.05) is 27.5 Å². The second-order valence-corrected chi connectivity index (χ2v) is 9.12. The predicted molar refractivity (Wildman–Crippen MR) is 118 cm³/mol. The normalized spacial score (nSPS) is 11.0. The minimum Gasteiger partial charge on any atom is -0.478 e. The number of aromatic carboxylic acids is 1. The Balaban J connectivity index is 1.77. The van der Waals surface area contributed by atoms with E-state index in [4.69, 9.17) is 11.6 Å². The Kier molecular flexibility index (Phi) is 6.45. The number of sulfonamides is 1. The van der Waals surface area contributed by atoms with Gasteiger partial charge in [0.15, 0.2) is 0 Å². The van der Waals surface area contributed by atoms with Crippen molar-refractivity contribution in [2.75, 3.05) is 10.0 Å². The molecule has 154 valence electrons. The van der Waals surface area contributed by atoms with Crippen LogP contribution in [0.2, 0.25) is 5.02 Å². The highest BCUT2D eigenvalue weighted by Gasteiger charge is 2.17. The molecule has 0 radical (unpaired) electrons. The van der Waals surface area contributed by atoms with Gasteiger partial charge < -0.3 is 10.4 Å². The zero-order valence-electron chi connectivity index (χ0n) is 15.1. The van der Waals surface area contributed by atoms with Gasteiger partial charge in [-0.2, -0.15) is 0 Å². The monoisotopic (exact) mass is 508 g/mol. The first-order valence-corrected chi connectivity index (χ1v) is 11.0. The molecule has 0 aliphatic carbocycles. The number of hydrogen-bond acceptors (Lipinski definition) is 4. The Morgan fingerprint density at radius 1 is 0.933 bits per heavy atom. The van der Waals surface area contributed by atoms with Crippen LogP contribution in [0.1, 0.15) is 20.7 Å². The summed E-state index contributed by atoms with van der Waals surface area (Å²) in [4.78, 5) is 23.8. The first-order valence-electron chi connectivity index (χ1n) is 8.38. The highest BCUT2D eigenvalue weighted by atomic mass is 79.9. The molecule has 1 amide bonds. The smallest absolute Gasteiger partial charge is 0.337 e. The fourth-order valence-corrected chi connectivity index (χ4v) is 4.01. The molecule has 3 aromatic rings. The molecule has 0 aliphatic rings. The van der Waals surface area contributed by atoms with Gasteiger partial charge in [0.2, 0.25) is 0 Å². The largest absolute Gasteiger partial charge is 0.478 e. The number of anilines is 2. The van der Waals surface area contributed by atoms with E-state index in [-0.39, 0.29) is 26.7 Å². The number of nitrogens with one attached hydrogen (secondary N) is 2. The minimum absolute atomic E-state index is 0.0281. The zero-order chi connectivity index (χ0) is 21.9. The summed E-state index contributed by atoms with van der Waals surface area (Å²) in [6.07, 6.45) is 0. The van der Waals surface area contributed by atoms with E-state index in [1.807, 2.05) is 0 Å². The van der Waals surface area contributed by atoms with Gasteiger partial charge in [0.25, 0.3) is 15.9 Å². The lowest BCUT2D eigenvalue weighted by Gasteiger charge is -2.10. The molecule has 0 unspecified atom stereocenters. The third-order valence-electron chi connectivity index (χ3n) is 3.98. The molecule has 0 aromatic heterocycles. The summed E-state index contributed by atoms with van der Waals surface area (Å²) in [7, 11) is -3.84. The number of halogens is 2. The Morgan fingerprint density at radius 2 is 1.57 bits per heavy atom. The van der Waals surface area contributed by atoms with Crippen molar-refractivity contribution in [2.45, 2.75) is 4.90 Å². The van der Waals surface area contributed by atoms with Crippen molar-refractivity contribution in [3.05, 3.63) is 87.4 Å². The molecule has 0 bridgehead atoms. The van der Waals surface area contributed by atoms with Crippen LogP contribution in [-0.2, 0) is 10.0 Å². The summed E-state index contributed by atoms with van der Waals surface area (Å²) >= 11 is 9.08. The summed E-state index contributed by atoms with van der Waals surface area (Å²) in [5.74, 6) is -1.84. The Morgan fingerprint density at radius 3 is 2.17 bits per heavy atom. The second-order valence-electron chi connectivity index (χ2n) is 6.09. The lowest BCUT2D eigenvalue weighted by Crippen LogP contribution is -2.16. The van der Waals surface area contributed by atoms with Crippen molar-refractivity contribution in [1.29, 1.82) is 0 Å². The van der Waals surface area contributed by atoms with Gasteiger partial charge >= 0.3 is 5.97 Å². The first kappa shape index (κ1) is 21.8. The van der Waals surface area contributed by atoms with Crippen LogP contribution in [0.15, 0.2) is 76.1 Å². The summed E-state index contributed by atoms with van der Waals surface area (Å²) in [6.45, 7) is 0. The minimum atomic E-state index is -3.84. The Hall–Kier alpha value is -2.88. The van der Waals surface area contributed by atoms with Gasteiger partial charge in [0, 0.05) is 20.7 Å². The second kappa shape index (κ2) is 8.86. The highest BCUT2D eigenvalue weighted by molar-refractivity contribution is 9.10. The number of carbonyl (C=O) groups is 2. The van der Waals surface area contributed by atoms with Crippen LogP contribution < -0.4 is 10.0 Å². The molecule has 10 heteroatoms. The van der Waals surface area contributed by atoms with Crippen LogP contribution in [0.4, 0.5) is 11.4 Å². The molecule has 0 fully saturated rings. The number of hydrogen-bond donors (Lipinski definition) is 3. The molecule has 30 heavy (non-hydrogen) atoms. The van der Waals surface area contributed by atoms with Crippen molar-refractivity contribution >= 4 is 60.8 Å². The lowest BCUT2D eigenvalue weighted by atomic mass is 10.1. The third kappa shape index (κ3) is 5.18. The molecule has 0 aliphatic heterocycles. The van der Waals surface area contributed by atoms with Crippen LogP contribution >= 0.6 is 27.5 Å². The van der Waals surface area contributed by atoms with E-state index in [0.29, 0.717) is 5.69 Å². The van der Waals surface area contributed by atoms with Gasteiger partial charge in [-0.15, -0.1) is 0 Å². The van der Waals surface area contributed by atoms with E-state index in [2.05, 4.69) is 26.0 Å². The maximum atomic E-state index is 12.5. The molecular formula is C20H14BrClN2O5S. The first-order chi connectivity index (χ1) is 14.2. The third-order valence-corrected chi connectivity index (χ3v) is 6.14. The molecule has 0 saturated carbocycles. The number of carboxylic acids is 1. The van der Waals surface area contributed by atoms with E-state index in [1.54, 1.807) is 24.3 Å². The number of amides is 1. The van der Waals surface area contributed by atoms with Crippen molar-refractivity contribution in [3.63, 3.8) is 0 Å². The fourth-order valence-electron chi connectivity index (χ4n) is 2.51. The summed E-state index contributed by atoms with van der Waals surface area (Å²) in [5, 5.41) is 12.0. The Labute approximate surface area is 185 Å². The molecule has 3 rings (SSSR count). The van der Waals surface area contributed by atoms with Gasteiger partial charge in [-0.05, 0) is 66.7 Å². The summed E-state index contributed by atoms with van der Waals surface area (Å²) in [6, 6.07) is 15.9. The van der Waals surface area contributed by atoms with Crippen molar-refractivity contribution in [2.24, 2.45) is 0 Å². The van der Waals surface area contributed by atoms with Crippen molar-refractivity contribution in [3.8, 4) is 0 Å². The van der Waals surface area contributed by atoms with Crippen LogP contribution in [0.25, 0.3) is 0 Å². The van der Waals surface area contributed by atoms with E-state index < -0.39 is 21.9 Å². The molecule has 3 aromatic carbocycles. The summed E-state index contributed by atoms with van der Waals surface area (Å²) in [5.41, 5.74) is 0.465. The standard InChI is InChI=1S/C20H14BrClN2O5S/c21-13-3-6-15(7-4-13)24-30(28,29)16-8-1-12(2-9-16)19(25)23-18-10-5-14(22)11-17(18)20(26)27/h1-11,24H,(H,23,25)(H,26,27). The fraction of sp³-hybridized carbons (Fsp3) is 0. The number of benzene rings is 3. The van der Waals surface area contributed by atoms with Crippen molar-refractivity contribution in [1.82, 2.24) is 0 Å². The summed E-state index contributed by atoms with van der Waals surface area (Å²) < 4.78 is 28.3. The van der Waals surface area contributed by atoms with Crippen LogP contribution in [0, 0.1) is 0 Å². The van der Waals surface area contributed by atoms with Crippen LogP contribution in [0.3, 0.4) is 0 Å². The molecule has 0 saturated heterocycles. The number of carbonyl (C=O) groups excluding carboxylic acids is 1. The molecule has 0 atom stereocenters. The van der Waals surface area contributed by atoms with Crippen molar-refractivity contribution < 1.29 is 23.1 Å². The lowest BCUT2D eigenvalue weighted by molar-refractivity contribution is 0.0698. The van der Waals surface area contributed by atoms with Gasteiger partial charge in [-0.3, -0.25) is 9.52 Å². The SMILES string of the molecule is O=C(Nc1ccc(Cl)cc1C(=O)O)c1ccc(S(=O)(=O)Nc2ccc(Br)cc2)cc1. The van der Waals surface area contributed by atoms with Gasteiger partial charge in [-0.25, -0.2) is 13.2 Å². The maximum absolute atomic E-state index is 12.5. The Bertz CT molecular complexity index is 1210. The highest BCUT2D eigenvalue weighted by Crippen LogP contribution is 2.22. The molecule has 3 N–H and O–H groups in total. The van der Waals surface area contributed by atoms with E-state index in [9.17, 15) is 23.1 Å². The quantitative estimate of drug-likeness (QED) is 0.439. The van der Waals surface area contributed by atoms with Crippen LogP contribution in [0.5, 0.6) is 0 Å². The van der Waals surface area contributed by atoms with Gasteiger partial charge in [0.1, 0.15) is 0 Å². The number of rotatable bonds is 6. The zero-order valence-corrected chi connectivity index (χ0v) is 18.3. The topological polar surface area (TPSA) is 113 Å². The number of carboxylic acid groups (broad SMARTS) is 1. The molecular weight excluding hydrogens is 496 g/mol. The average molecular weight is 510 g/mol. The average Bonchev–Trinajstić information content (AvgIpc) is 2.71. The molecule has 0 heterocycles.